The molecule has 4 nitrogen and oxygen atoms in total. The smallest absolute Gasteiger partial charge is 0.226 e. The Kier molecular flexibility index (Phi) is 5.56. The number of hydrogen-bond donors (Lipinski definition) is 1. The lowest BCUT2D eigenvalue weighted by molar-refractivity contribution is -0.133. The molecule has 0 radical (unpaired) electrons. The maximum atomic E-state index is 12.3. The van der Waals surface area contributed by atoms with Gasteiger partial charge in [0.15, 0.2) is 0 Å². The molecule has 1 aromatic rings. The highest BCUT2D eigenvalue weighted by Gasteiger charge is 2.22. The Morgan fingerprint density at radius 3 is 2.80 bits per heavy atom. The van der Waals surface area contributed by atoms with Crippen LogP contribution < -0.4 is 5.73 Å². The summed E-state index contributed by atoms with van der Waals surface area (Å²) in [6, 6.07) is 8.15. The summed E-state index contributed by atoms with van der Waals surface area (Å²) in [7, 11) is 0. The maximum absolute atomic E-state index is 12.3. The van der Waals surface area contributed by atoms with Gasteiger partial charge in [-0.1, -0.05) is 29.8 Å². The van der Waals surface area contributed by atoms with Crippen LogP contribution in [0.1, 0.15) is 24.0 Å². The number of nitrogens with two attached hydrogens (primary N) is 1. The van der Waals surface area contributed by atoms with Crippen molar-refractivity contribution in [3.63, 3.8) is 0 Å². The summed E-state index contributed by atoms with van der Waals surface area (Å²) < 4.78 is 5.63. The highest BCUT2D eigenvalue weighted by Crippen LogP contribution is 2.15. The second-order valence-corrected chi connectivity index (χ2v) is 5.41. The van der Waals surface area contributed by atoms with E-state index < -0.39 is 0 Å². The predicted octanol–water partition coefficient (Wildman–Crippen LogP) is 1.50. The van der Waals surface area contributed by atoms with Gasteiger partial charge < -0.3 is 15.4 Å². The number of likely N-dealkylation sites (tertiary alicyclic amines) is 1. The Labute approximate surface area is 120 Å². The highest BCUT2D eigenvalue weighted by atomic mass is 16.5. The summed E-state index contributed by atoms with van der Waals surface area (Å²) in [6.45, 7) is 4.81. The number of piperidine rings is 1. The lowest BCUT2D eigenvalue weighted by Gasteiger charge is -2.32. The van der Waals surface area contributed by atoms with Crippen LogP contribution in [0.15, 0.2) is 24.3 Å². The van der Waals surface area contributed by atoms with Gasteiger partial charge in [-0.3, -0.25) is 4.79 Å². The molecule has 1 heterocycles. The number of benzene rings is 1. The molecular formula is C16H24N2O2. The van der Waals surface area contributed by atoms with Gasteiger partial charge in [0, 0.05) is 19.6 Å². The average molecular weight is 276 g/mol. The van der Waals surface area contributed by atoms with Crippen molar-refractivity contribution in [1.29, 1.82) is 0 Å². The molecule has 1 saturated heterocycles. The summed E-state index contributed by atoms with van der Waals surface area (Å²) in [5.41, 5.74) is 7.72. The molecule has 110 valence electrons. The van der Waals surface area contributed by atoms with Crippen LogP contribution in [0.3, 0.4) is 0 Å². The minimum atomic E-state index is 0.216. The number of amides is 1. The summed E-state index contributed by atoms with van der Waals surface area (Å²) in [5.74, 6) is 0.216. The van der Waals surface area contributed by atoms with Crippen molar-refractivity contribution < 1.29 is 9.53 Å². The van der Waals surface area contributed by atoms with Crippen LogP contribution in [0.4, 0.5) is 0 Å². The van der Waals surface area contributed by atoms with E-state index in [1.165, 1.54) is 5.56 Å². The first-order chi connectivity index (χ1) is 9.69. The minimum absolute atomic E-state index is 0.216. The third-order valence-electron chi connectivity index (χ3n) is 3.70. The molecule has 1 aromatic carbocycles. The first kappa shape index (κ1) is 15.0. The lowest BCUT2D eigenvalue weighted by atomic mass is 10.0. The number of hydrogen-bond acceptors (Lipinski definition) is 3. The Morgan fingerprint density at radius 2 is 2.15 bits per heavy atom. The molecule has 4 heteroatoms. The molecule has 1 aliphatic rings. The molecule has 20 heavy (non-hydrogen) atoms. The zero-order valence-corrected chi connectivity index (χ0v) is 12.2. The highest BCUT2D eigenvalue weighted by molar-refractivity contribution is 5.78. The van der Waals surface area contributed by atoms with Crippen molar-refractivity contribution in [2.75, 3.05) is 26.2 Å². The first-order valence-electron chi connectivity index (χ1n) is 7.34. The third kappa shape index (κ3) is 4.32. The topological polar surface area (TPSA) is 55.6 Å². The van der Waals surface area contributed by atoms with Gasteiger partial charge in [0.25, 0.3) is 0 Å². The monoisotopic (exact) mass is 276 g/mol. The van der Waals surface area contributed by atoms with E-state index >= 15 is 0 Å². The predicted molar refractivity (Wildman–Crippen MR) is 79.5 cm³/mol. The third-order valence-corrected chi connectivity index (χ3v) is 3.70. The Balaban J connectivity index is 1.80. The van der Waals surface area contributed by atoms with Crippen molar-refractivity contribution in [2.24, 2.45) is 5.73 Å². The SMILES string of the molecule is Cc1cccc(CC(=O)N2CCC(OCCN)CC2)c1. The van der Waals surface area contributed by atoms with E-state index in [1.807, 2.05) is 30.0 Å². The van der Waals surface area contributed by atoms with Crippen LogP contribution in [-0.4, -0.2) is 43.2 Å². The summed E-state index contributed by atoms with van der Waals surface area (Å²) in [4.78, 5) is 14.2. The molecular weight excluding hydrogens is 252 g/mol. The Morgan fingerprint density at radius 1 is 1.40 bits per heavy atom. The zero-order valence-electron chi connectivity index (χ0n) is 12.2. The Hall–Kier alpha value is -1.39. The van der Waals surface area contributed by atoms with Gasteiger partial charge in [-0.25, -0.2) is 0 Å². The fourth-order valence-electron chi connectivity index (χ4n) is 2.62. The van der Waals surface area contributed by atoms with E-state index in [0.717, 1.165) is 31.5 Å². The quantitative estimate of drug-likeness (QED) is 0.887. The van der Waals surface area contributed by atoms with Crippen molar-refractivity contribution in [3.8, 4) is 0 Å². The van der Waals surface area contributed by atoms with Crippen LogP contribution in [0.2, 0.25) is 0 Å². The zero-order chi connectivity index (χ0) is 14.4. The molecule has 0 spiro atoms. The normalized spacial score (nSPS) is 16.4. The van der Waals surface area contributed by atoms with E-state index in [-0.39, 0.29) is 12.0 Å². The fourth-order valence-corrected chi connectivity index (χ4v) is 2.62. The number of carbonyl (C=O) groups is 1. The van der Waals surface area contributed by atoms with Gasteiger partial charge in [-0.2, -0.15) is 0 Å². The average Bonchev–Trinajstić information content (AvgIpc) is 2.45. The standard InChI is InChI=1S/C16H24N2O2/c1-13-3-2-4-14(11-13)12-16(19)18-8-5-15(6-9-18)20-10-7-17/h2-4,11,15H,5-10,12,17H2,1H3. The molecule has 0 bridgehead atoms. The summed E-state index contributed by atoms with van der Waals surface area (Å²) >= 11 is 0. The number of ether oxygens (including phenoxy) is 1. The van der Waals surface area contributed by atoms with E-state index in [1.54, 1.807) is 0 Å². The van der Waals surface area contributed by atoms with Crippen LogP contribution in [0, 0.1) is 6.92 Å². The minimum Gasteiger partial charge on any atom is -0.377 e. The second-order valence-electron chi connectivity index (χ2n) is 5.41. The van der Waals surface area contributed by atoms with Crippen molar-refractivity contribution in [3.05, 3.63) is 35.4 Å². The molecule has 1 fully saturated rings. The van der Waals surface area contributed by atoms with Crippen molar-refractivity contribution in [1.82, 2.24) is 4.90 Å². The first-order valence-corrected chi connectivity index (χ1v) is 7.34. The van der Waals surface area contributed by atoms with Crippen LogP contribution >= 0.6 is 0 Å². The molecule has 2 N–H and O–H groups in total. The van der Waals surface area contributed by atoms with Gasteiger partial charge in [0.2, 0.25) is 5.91 Å². The fraction of sp³-hybridized carbons (Fsp3) is 0.562. The lowest BCUT2D eigenvalue weighted by Crippen LogP contribution is -2.41. The van der Waals surface area contributed by atoms with Gasteiger partial charge in [-0.05, 0) is 25.3 Å². The summed E-state index contributed by atoms with van der Waals surface area (Å²) in [5, 5.41) is 0. The second kappa shape index (κ2) is 7.41. The van der Waals surface area contributed by atoms with E-state index in [9.17, 15) is 4.79 Å². The molecule has 0 saturated carbocycles. The largest absolute Gasteiger partial charge is 0.377 e. The number of aryl methyl sites for hydroxylation is 1. The molecule has 0 aliphatic carbocycles. The van der Waals surface area contributed by atoms with Gasteiger partial charge in [0.1, 0.15) is 0 Å². The van der Waals surface area contributed by atoms with Crippen LogP contribution in [0.5, 0.6) is 0 Å². The van der Waals surface area contributed by atoms with Crippen LogP contribution in [-0.2, 0) is 16.0 Å². The van der Waals surface area contributed by atoms with E-state index in [2.05, 4.69) is 6.07 Å². The number of nitrogens with zero attached hydrogens (tertiary/aromatic N) is 1. The molecule has 0 atom stereocenters. The van der Waals surface area contributed by atoms with Gasteiger partial charge in [0.05, 0.1) is 19.1 Å². The van der Waals surface area contributed by atoms with E-state index in [0.29, 0.717) is 19.6 Å². The van der Waals surface area contributed by atoms with Gasteiger partial charge >= 0.3 is 0 Å². The number of carbonyl (C=O) groups excluding carboxylic acids is 1. The maximum Gasteiger partial charge on any atom is 0.226 e. The molecule has 1 aliphatic heterocycles. The molecule has 1 amide bonds. The van der Waals surface area contributed by atoms with Crippen molar-refractivity contribution in [2.45, 2.75) is 32.3 Å². The van der Waals surface area contributed by atoms with Crippen molar-refractivity contribution >= 4 is 5.91 Å². The Bertz CT molecular complexity index is 440. The van der Waals surface area contributed by atoms with Gasteiger partial charge in [-0.15, -0.1) is 0 Å². The summed E-state index contributed by atoms with van der Waals surface area (Å²) in [6.07, 6.45) is 2.59. The number of rotatable bonds is 5. The van der Waals surface area contributed by atoms with E-state index in [4.69, 9.17) is 10.5 Å². The van der Waals surface area contributed by atoms with Crippen LogP contribution in [0.25, 0.3) is 0 Å². The molecule has 0 unspecified atom stereocenters. The molecule has 2 rings (SSSR count). The molecule has 0 aromatic heterocycles.